The molecule has 2 unspecified atom stereocenters. The molecular weight excluding hydrogens is 312 g/mol. The molecular formula is C20H32N4O. The van der Waals surface area contributed by atoms with Gasteiger partial charge in [0, 0.05) is 18.7 Å². The molecule has 0 amide bonds. The molecule has 2 N–H and O–H groups in total. The highest BCUT2D eigenvalue weighted by Crippen LogP contribution is 2.32. The molecule has 2 heterocycles. The number of hydrogen-bond donors (Lipinski definition) is 1. The Hall–Kier alpha value is -1.75. The van der Waals surface area contributed by atoms with Crippen molar-refractivity contribution < 1.29 is 4.74 Å². The van der Waals surface area contributed by atoms with Gasteiger partial charge in [0.25, 0.3) is 0 Å². The van der Waals surface area contributed by atoms with Gasteiger partial charge < -0.3 is 15.4 Å². The highest BCUT2D eigenvalue weighted by Gasteiger charge is 2.26. The van der Waals surface area contributed by atoms with Crippen LogP contribution in [0.25, 0.3) is 0 Å². The number of guanidine groups is 1. The molecule has 0 bridgehead atoms. The molecule has 25 heavy (non-hydrogen) atoms. The van der Waals surface area contributed by atoms with E-state index in [1.165, 1.54) is 31.2 Å². The van der Waals surface area contributed by atoms with Gasteiger partial charge in [-0.2, -0.15) is 0 Å². The maximum Gasteiger partial charge on any atom is 0.191 e. The Morgan fingerprint density at radius 3 is 2.72 bits per heavy atom. The average Bonchev–Trinajstić information content (AvgIpc) is 3.16. The zero-order valence-electron chi connectivity index (χ0n) is 15.7. The third kappa shape index (κ3) is 4.46. The van der Waals surface area contributed by atoms with Crippen molar-refractivity contribution in [1.29, 1.82) is 0 Å². The number of methoxy groups -OCH3 is 1. The van der Waals surface area contributed by atoms with Crippen molar-refractivity contribution in [2.75, 3.05) is 39.8 Å². The number of nitrogens with zero attached hydrogens (tertiary/aromatic N) is 3. The number of para-hydroxylation sites is 1. The van der Waals surface area contributed by atoms with Crippen molar-refractivity contribution in [1.82, 2.24) is 9.80 Å². The topological polar surface area (TPSA) is 54.1 Å². The fourth-order valence-electron chi connectivity index (χ4n) is 4.08. The molecule has 1 aromatic rings. The van der Waals surface area contributed by atoms with Gasteiger partial charge in [-0.3, -0.25) is 9.89 Å². The average molecular weight is 345 g/mol. The second kappa shape index (κ2) is 8.56. The van der Waals surface area contributed by atoms with Gasteiger partial charge in [0.2, 0.25) is 0 Å². The molecule has 0 radical (unpaired) electrons. The first-order valence-electron chi connectivity index (χ1n) is 9.61. The largest absolute Gasteiger partial charge is 0.496 e. The second-order valence-corrected chi connectivity index (χ2v) is 7.39. The Balaban J connectivity index is 1.77. The highest BCUT2D eigenvalue weighted by atomic mass is 16.5. The lowest BCUT2D eigenvalue weighted by molar-refractivity contribution is 0.242. The van der Waals surface area contributed by atoms with Crippen molar-refractivity contribution >= 4 is 5.96 Å². The van der Waals surface area contributed by atoms with Gasteiger partial charge in [-0.05, 0) is 50.8 Å². The van der Waals surface area contributed by atoms with Crippen molar-refractivity contribution in [3.05, 3.63) is 29.8 Å². The van der Waals surface area contributed by atoms with E-state index in [1.54, 1.807) is 7.11 Å². The first kappa shape index (κ1) is 18.1. The van der Waals surface area contributed by atoms with E-state index in [0.29, 0.717) is 18.4 Å². The lowest BCUT2D eigenvalue weighted by Gasteiger charge is -2.32. The number of aliphatic imine (C=N–C) groups is 1. The van der Waals surface area contributed by atoms with E-state index in [2.05, 4.69) is 28.9 Å². The van der Waals surface area contributed by atoms with Gasteiger partial charge in [0.15, 0.2) is 5.96 Å². The maximum atomic E-state index is 6.33. The Morgan fingerprint density at radius 1 is 1.24 bits per heavy atom. The molecule has 2 aliphatic rings. The van der Waals surface area contributed by atoms with Crippen LogP contribution in [0, 0.1) is 5.92 Å². The van der Waals surface area contributed by atoms with E-state index >= 15 is 0 Å². The van der Waals surface area contributed by atoms with Crippen molar-refractivity contribution in [3.63, 3.8) is 0 Å². The second-order valence-electron chi connectivity index (χ2n) is 7.39. The molecule has 0 aliphatic carbocycles. The van der Waals surface area contributed by atoms with Crippen molar-refractivity contribution in [2.45, 2.75) is 38.6 Å². The van der Waals surface area contributed by atoms with Gasteiger partial charge in [0.1, 0.15) is 5.75 Å². The predicted octanol–water partition coefficient (Wildman–Crippen LogP) is 2.88. The third-order valence-corrected chi connectivity index (χ3v) is 5.49. The summed E-state index contributed by atoms with van der Waals surface area (Å²) in [5.41, 5.74) is 7.55. The van der Waals surface area contributed by atoms with E-state index in [9.17, 15) is 0 Å². The fourth-order valence-corrected chi connectivity index (χ4v) is 4.08. The minimum atomic E-state index is 0.236. The minimum absolute atomic E-state index is 0.236. The van der Waals surface area contributed by atoms with E-state index in [0.717, 1.165) is 31.9 Å². The predicted molar refractivity (Wildman–Crippen MR) is 103 cm³/mol. The van der Waals surface area contributed by atoms with Crippen LogP contribution in [0.3, 0.4) is 0 Å². The summed E-state index contributed by atoms with van der Waals surface area (Å²) in [5, 5.41) is 0. The van der Waals surface area contributed by atoms with Crippen molar-refractivity contribution in [3.8, 4) is 5.75 Å². The quantitative estimate of drug-likeness (QED) is 0.659. The summed E-state index contributed by atoms with van der Waals surface area (Å²) in [7, 11) is 1.74. The Kier molecular flexibility index (Phi) is 6.19. The standard InChI is InChI=1S/C20H32N4O/c1-16-8-7-13-24(15-16)20(21)22-14-18(23-11-5-6-12-23)17-9-3-4-10-19(17)25-2/h3-4,9-10,16,18H,5-8,11-15H2,1-2H3,(H2,21,22). The summed E-state index contributed by atoms with van der Waals surface area (Å²) in [6.07, 6.45) is 5.02. The molecule has 2 aliphatic heterocycles. The summed E-state index contributed by atoms with van der Waals surface area (Å²) in [5.74, 6) is 2.34. The summed E-state index contributed by atoms with van der Waals surface area (Å²) >= 11 is 0. The molecule has 2 atom stereocenters. The molecule has 1 aromatic carbocycles. The number of ether oxygens (including phenoxy) is 1. The summed E-state index contributed by atoms with van der Waals surface area (Å²) in [6.45, 7) is 7.29. The number of rotatable bonds is 5. The van der Waals surface area contributed by atoms with Crippen LogP contribution in [-0.4, -0.2) is 55.6 Å². The molecule has 2 fully saturated rings. The number of nitrogens with two attached hydrogens (primary N) is 1. The molecule has 5 nitrogen and oxygen atoms in total. The first-order chi connectivity index (χ1) is 12.2. The monoisotopic (exact) mass is 344 g/mol. The molecule has 0 aromatic heterocycles. The van der Waals surface area contributed by atoms with Gasteiger partial charge in [-0.25, -0.2) is 0 Å². The lowest BCUT2D eigenvalue weighted by Crippen LogP contribution is -2.44. The molecule has 5 heteroatoms. The Bertz CT molecular complexity index is 583. The fraction of sp³-hybridized carbons (Fsp3) is 0.650. The molecule has 0 saturated carbocycles. The third-order valence-electron chi connectivity index (χ3n) is 5.49. The maximum absolute atomic E-state index is 6.33. The summed E-state index contributed by atoms with van der Waals surface area (Å²) in [6, 6.07) is 8.55. The van der Waals surface area contributed by atoms with Crippen LogP contribution in [0.4, 0.5) is 0 Å². The van der Waals surface area contributed by atoms with E-state index in [-0.39, 0.29) is 6.04 Å². The number of likely N-dealkylation sites (tertiary alicyclic amines) is 2. The van der Waals surface area contributed by atoms with Crippen LogP contribution in [0.15, 0.2) is 29.3 Å². The van der Waals surface area contributed by atoms with Crippen molar-refractivity contribution in [2.24, 2.45) is 16.6 Å². The van der Waals surface area contributed by atoms with E-state index in [4.69, 9.17) is 15.5 Å². The number of hydrogen-bond acceptors (Lipinski definition) is 3. The number of piperidine rings is 1. The molecule has 0 spiro atoms. The smallest absolute Gasteiger partial charge is 0.191 e. The van der Waals surface area contributed by atoms with E-state index < -0.39 is 0 Å². The molecule has 2 saturated heterocycles. The minimum Gasteiger partial charge on any atom is -0.496 e. The van der Waals surface area contributed by atoms with Crippen LogP contribution in [0.1, 0.15) is 44.2 Å². The van der Waals surface area contributed by atoms with E-state index in [1.807, 2.05) is 12.1 Å². The van der Waals surface area contributed by atoms with Gasteiger partial charge in [-0.15, -0.1) is 0 Å². The first-order valence-corrected chi connectivity index (χ1v) is 9.61. The molecule has 138 valence electrons. The van der Waals surface area contributed by atoms with Crippen LogP contribution in [-0.2, 0) is 0 Å². The van der Waals surface area contributed by atoms with Gasteiger partial charge in [0.05, 0.1) is 19.7 Å². The molecule has 3 rings (SSSR count). The SMILES string of the molecule is COc1ccccc1C(CN=C(N)N1CCCC(C)C1)N1CCCC1. The van der Waals surface area contributed by atoms with Crippen LogP contribution in [0.5, 0.6) is 5.75 Å². The summed E-state index contributed by atoms with van der Waals surface area (Å²) < 4.78 is 5.61. The van der Waals surface area contributed by atoms with Crippen LogP contribution < -0.4 is 10.5 Å². The number of benzene rings is 1. The Labute approximate surface area is 151 Å². The Morgan fingerprint density at radius 2 is 2.00 bits per heavy atom. The van der Waals surface area contributed by atoms with Gasteiger partial charge >= 0.3 is 0 Å². The zero-order valence-corrected chi connectivity index (χ0v) is 15.7. The highest BCUT2D eigenvalue weighted by molar-refractivity contribution is 5.78. The normalized spacial score (nSPS) is 23.7. The van der Waals surface area contributed by atoms with Crippen LogP contribution in [0.2, 0.25) is 0 Å². The van der Waals surface area contributed by atoms with Crippen LogP contribution >= 0.6 is 0 Å². The zero-order chi connectivity index (χ0) is 17.6. The lowest BCUT2D eigenvalue weighted by atomic mass is 10.0. The van der Waals surface area contributed by atoms with Gasteiger partial charge in [-0.1, -0.05) is 25.1 Å². The summed E-state index contributed by atoms with van der Waals surface area (Å²) in [4.78, 5) is 9.57.